The Bertz CT molecular complexity index is 1000. The monoisotopic (exact) mass is 470 g/mol. The molecule has 8 nitrogen and oxygen atoms in total. The number of halogens is 1. The van der Waals surface area contributed by atoms with Crippen LogP contribution < -0.4 is 15.5 Å². The number of amides is 2. The maximum Gasteiger partial charge on any atom is 0.231 e. The van der Waals surface area contributed by atoms with Crippen molar-refractivity contribution in [1.82, 2.24) is 20.2 Å². The highest BCUT2D eigenvalue weighted by Gasteiger charge is 2.32. The van der Waals surface area contributed by atoms with Crippen LogP contribution in [0.1, 0.15) is 50.2 Å². The summed E-state index contributed by atoms with van der Waals surface area (Å²) >= 11 is 6.07. The number of fused-ring (bicyclic) bond motifs is 1. The fourth-order valence-electron chi connectivity index (χ4n) is 4.51. The zero-order valence-corrected chi connectivity index (χ0v) is 20.1. The van der Waals surface area contributed by atoms with E-state index in [0.717, 1.165) is 16.9 Å². The van der Waals surface area contributed by atoms with Gasteiger partial charge in [-0.1, -0.05) is 44.5 Å². The first-order valence-electron chi connectivity index (χ1n) is 11.5. The summed E-state index contributed by atoms with van der Waals surface area (Å²) in [4.78, 5) is 38.4. The quantitative estimate of drug-likeness (QED) is 0.674. The van der Waals surface area contributed by atoms with Gasteiger partial charge in [-0.25, -0.2) is 9.97 Å². The first-order chi connectivity index (χ1) is 15.8. The van der Waals surface area contributed by atoms with Gasteiger partial charge < -0.3 is 20.4 Å². The first kappa shape index (κ1) is 23.4. The number of carbonyl (C=O) groups excluding carboxylic acids is 2. The summed E-state index contributed by atoms with van der Waals surface area (Å²) in [5.41, 5.74) is 1.95. The van der Waals surface area contributed by atoms with Gasteiger partial charge in [0.1, 0.15) is 18.0 Å². The van der Waals surface area contributed by atoms with E-state index in [1.54, 1.807) is 0 Å². The number of aromatic nitrogens is 2. The van der Waals surface area contributed by atoms with Crippen molar-refractivity contribution in [3.63, 3.8) is 0 Å². The predicted octanol–water partition coefficient (Wildman–Crippen LogP) is 3.01. The van der Waals surface area contributed by atoms with E-state index in [2.05, 4.69) is 39.3 Å². The number of piperazine rings is 1. The summed E-state index contributed by atoms with van der Waals surface area (Å²) in [6, 6.07) is 7.83. The summed E-state index contributed by atoms with van der Waals surface area (Å²) in [7, 11) is 0. The van der Waals surface area contributed by atoms with Gasteiger partial charge in [0, 0.05) is 55.8 Å². The second-order valence-electron chi connectivity index (χ2n) is 9.09. The molecule has 1 saturated heterocycles. The van der Waals surface area contributed by atoms with Crippen LogP contribution in [0.15, 0.2) is 30.6 Å². The molecule has 2 N–H and O–H groups in total. The summed E-state index contributed by atoms with van der Waals surface area (Å²) < 4.78 is 0. The Hall–Kier alpha value is -2.71. The average Bonchev–Trinajstić information content (AvgIpc) is 2.79. The van der Waals surface area contributed by atoms with E-state index in [4.69, 9.17) is 11.6 Å². The minimum absolute atomic E-state index is 0.0154. The average molecular weight is 471 g/mol. The van der Waals surface area contributed by atoms with Crippen molar-refractivity contribution in [2.45, 2.75) is 45.1 Å². The molecular weight excluding hydrogens is 440 g/mol. The standard InChI is InChI=1S/C24H31ClN6O2/c1-15(2)26-13-19(17-4-6-18(25)7-5-17)24(33)31-10-8-30(9-11-31)23-21-16(3)12-20(32)29-22(21)27-14-28-23/h4-7,14-16,19,26H,8-13H2,1-3H3,(H,27,28,29,32). The van der Waals surface area contributed by atoms with Gasteiger partial charge >= 0.3 is 0 Å². The lowest BCUT2D eigenvalue weighted by atomic mass is 9.94. The first-order valence-corrected chi connectivity index (χ1v) is 11.9. The van der Waals surface area contributed by atoms with Crippen molar-refractivity contribution in [3.05, 3.63) is 46.7 Å². The summed E-state index contributed by atoms with van der Waals surface area (Å²) in [5, 5.41) is 6.93. The van der Waals surface area contributed by atoms with E-state index in [-0.39, 0.29) is 29.7 Å². The number of anilines is 2. The van der Waals surface area contributed by atoms with Crippen molar-refractivity contribution >= 4 is 35.1 Å². The van der Waals surface area contributed by atoms with Crippen LogP contribution in [0, 0.1) is 0 Å². The Morgan fingerprint density at radius 2 is 1.88 bits per heavy atom. The number of rotatable bonds is 6. The number of nitrogens with one attached hydrogen (secondary N) is 2. The molecule has 2 aliphatic rings. The summed E-state index contributed by atoms with van der Waals surface area (Å²) in [6.07, 6.45) is 1.93. The molecule has 2 unspecified atom stereocenters. The van der Waals surface area contributed by atoms with Crippen LogP contribution in [0.25, 0.3) is 0 Å². The van der Waals surface area contributed by atoms with Crippen molar-refractivity contribution in [3.8, 4) is 0 Å². The van der Waals surface area contributed by atoms with Crippen LogP contribution in [-0.2, 0) is 9.59 Å². The molecule has 0 radical (unpaired) electrons. The second-order valence-corrected chi connectivity index (χ2v) is 9.53. The molecule has 1 aromatic carbocycles. The normalized spacial score (nSPS) is 19.3. The van der Waals surface area contributed by atoms with Crippen LogP contribution in [-0.4, -0.2) is 65.4 Å². The molecule has 4 rings (SSSR count). The summed E-state index contributed by atoms with van der Waals surface area (Å²) in [5.74, 6) is 1.35. The predicted molar refractivity (Wildman–Crippen MR) is 130 cm³/mol. The topological polar surface area (TPSA) is 90.5 Å². The molecule has 2 atom stereocenters. The molecule has 0 aliphatic carbocycles. The van der Waals surface area contributed by atoms with Crippen molar-refractivity contribution in [1.29, 1.82) is 0 Å². The van der Waals surface area contributed by atoms with E-state index >= 15 is 0 Å². The Morgan fingerprint density at radius 1 is 1.18 bits per heavy atom. The number of benzene rings is 1. The van der Waals surface area contributed by atoms with Crippen LogP contribution >= 0.6 is 11.6 Å². The van der Waals surface area contributed by atoms with Crippen molar-refractivity contribution in [2.24, 2.45) is 0 Å². The van der Waals surface area contributed by atoms with Crippen LogP contribution in [0.4, 0.5) is 11.6 Å². The highest BCUT2D eigenvalue weighted by molar-refractivity contribution is 6.30. The Balaban J connectivity index is 1.47. The van der Waals surface area contributed by atoms with Gasteiger partial charge in [-0.05, 0) is 23.6 Å². The Kier molecular flexibility index (Phi) is 7.14. The van der Waals surface area contributed by atoms with Gasteiger partial charge in [-0.2, -0.15) is 0 Å². The highest BCUT2D eigenvalue weighted by atomic mass is 35.5. The van der Waals surface area contributed by atoms with Gasteiger partial charge in [0.25, 0.3) is 0 Å². The summed E-state index contributed by atoms with van der Waals surface area (Å²) in [6.45, 7) is 9.36. The van der Waals surface area contributed by atoms with E-state index in [1.807, 2.05) is 36.1 Å². The molecule has 3 heterocycles. The molecule has 0 saturated carbocycles. The lowest BCUT2D eigenvalue weighted by Crippen LogP contribution is -2.51. The number of nitrogens with zero attached hydrogens (tertiary/aromatic N) is 4. The molecule has 2 amide bonds. The molecule has 0 spiro atoms. The number of hydrogen-bond acceptors (Lipinski definition) is 6. The van der Waals surface area contributed by atoms with E-state index in [9.17, 15) is 9.59 Å². The molecule has 0 bridgehead atoms. The largest absolute Gasteiger partial charge is 0.353 e. The van der Waals surface area contributed by atoms with Gasteiger partial charge in [0.15, 0.2) is 0 Å². The van der Waals surface area contributed by atoms with Gasteiger partial charge in [0.2, 0.25) is 11.8 Å². The Morgan fingerprint density at radius 3 is 2.55 bits per heavy atom. The molecule has 1 fully saturated rings. The van der Waals surface area contributed by atoms with Crippen LogP contribution in [0.5, 0.6) is 0 Å². The molecule has 2 aromatic rings. The minimum atomic E-state index is -0.265. The lowest BCUT2D eigenvalue weighted by Gasteiger charge is -2.38. The van der Waals surface area contributed by atoms with E-state index < -0.39 is 0 Å². The Labute approximate surface area is 199 Å². The molecule has 2 aliphatic heterocycles. The maximum absolute atomic E-state index is 13.5. The molecule has 33 heavy (non-hydrogen) atoms. The zero-order valence-electron chi connectivity index (χ0n) is 19.3. The third-order valence-corrected chi connectivity index (χ3v) is 6.55. The number of hydrogen-bond donors (Lipinski definition) is 2. The maximum atomic E-state index is 13.5. The van der Waals surface area contributed by atoms with E-state index in [1.165, 1.54) is 6.33 Å². The van der Waals surface area contributed by atoms with Gasteiger partial charge in [-0.15, -0.1) is 0 Å². The molecule has 176 valence electrons. The smallest absolute Gasteiger partial charge is 0.231 e. The third kappa shape index (κ3) is 5.28. The molecule has 9 heteroatoms. The van der Waals surface area contributed by atoms with Crippen LogP contribution in [0.3, 0.4) is 0 Å². The fourth-order valence-corrected chi connectivity index (χ4v) is 4.64. The minimum Gasteiger partial charge on any atom is -0.353 e. The van der Waals surface area contributed by atoms with Crippen molar-refractivity contribution in [2.75, 3.05) is 42.9 Å². The zero-order chi connectivity index (χ0) is 23.5. The lowest BCUT2D eigenvalue weighted by molar-refractivity contribution is -0.133. The van der Waals surface area contributed by atoms with Crippen LogP contribution in [0.2, 0.25) is 5.02 Å². The third-order valence-electron chi connectivity index (χ3n) is 6.30. The van der Waals surface area contributed by atoms with Gasteiger partial charge in [0.05, 0.1) is 5.92 Å². The van der Waals surface area contributed by atoms with E-state index in [0.29, 0.717) is 50.0 Å². The highest BCUT2D eigenvalue weighted by Crippen LogP contribution is 2.36. The fraction of sp³-hybridized carbons (Fsp3) is 0.500. The molecule has 1 aromatic heterocycles. The number of carbonyl (C=O) groups is 2. The van der Waals surface area contributed by atoms with Gasteiger partial charge in [-0.3, -0.25) is 9.59 Å². The van der Waals surface area contributed by atoms with Crippen molar-refractivity contribution < 1.29 is 9.59 Å². The molecular formula is C24H31ClN6O2. The second kappa shape index (κ2) is 10.1. The SMILES string of the molecule is CC(C)NCC(C(=O)N1CCN(c2ncnc3c2C(C)CC(=O)N3)CC1)c1ccc(Cl)cc1.